The first-order chi connectivity index (χ1) is 13.2. The SMILES string of the molecule is O=C(NCCc1c[nH]c2ccc(Cl)cc12)c1ccc(Cn2ccnc2)cc1. The number of imidazole rings is 1. The van der Waals surface area contributed by atoms with Crippen LogP contribution in [-0.2, 0) is 13.0 Å². The molecule has 2 aromatic carbocycles. The van der Waals surface area contributed by atoms with Crippen LogP contribution in [0, 0.1) is 0 Å². The number of hydrogen-bond donors (Lipinski definition) is 2. The molecule has 2 aromatic heterocycles. The predicted octanol–water partition coefficient (Wildman–Crippen LogP) is 4.04. The number of nitrogens with one attached hydrogen (secondary N) is 2. The van der Waals surface area contributed by atoms with Crippen LogP contribution in [0.2, 0.25) is 5.02 Å². The van der Waals surface area contributed by atoms with E-state index in [4.69, 9.17) is 11.6 Å². The number of halogens is 1. The van der Waals surface area contributed by atoms with Crippen LogP contribution in [0.5, 0.6) is 0 Å². The number of hydrogen-bond acceptors (Lipinski definition) is 2. The van der Waals surface area contributed by atoms with Gasteiger partial charge in [0.25, 0.3) is 5.91 Å². The van der Waals surface area contributed by atoms with Crippen LogP contribution in [0.1, 0.15) is 21.5 Å². The lowest BCUT2D eigenvalue weighted by Gasteiger charge is -2.07. The van der Waals surface area contributed by atoms with E-state index >= 15 is 0 Å². The molecule has 5 nitrogen and oxygen atoms in total. The van der Waals surface area contributed by atoms with E-state index in [1.165, 1.54) is 0 Å². The van der Waals surface area contributed by atoms with Gasteiger partial charge in [-0.2, -0.15) is 0 Å². The highest BCUT2D eigenvalue weighted by atomic mass is 35.5. The molecule has 0 saturated heterocycles. The largest absolute Gasteiger partial charge is 0.361 e. The Labute approximate surface area is 162 Å². The van der Waals surface area contributed by atoms with Crippen LogP contribution >= 0.6 is 11.6 Å². The minimum Gasteiger partial charge on any atom is -0.361 e. The van der Waals surface area contributed by atoms with E-state index in [0.29, 0.717) is 17.1 Å². The number of fused-ring (bicyclic) bond motifs is 1. The maximum Gasteiger partial charge on any atom is 0.251 e. The predicted molar refractivity (Wildman–Crippen MR) is 107 cm³/mol. The molecular formula is C21H19ClN4O. The molecule has 0 bridgehead atoms. The fourth-order valence-electron chi connectivity index (χ4n) is 3.12. The Hall–Kier alpha value is -3.05. The van der Waals surface area contributed by atoms with E-state index in [-0.39, 0.29) is 5.91 Å². The van der Waals surface area contributed by atoms with Gasteiger partial charge < -0.3 is 14.9 Å². The van der Waals surface area contributed by atoms with Crippen molar-refractivity contribution in [1.82, 2.24) is 19.9 Å². The Balaban J connectivity index is 1.34. The number of aromatic amines is 1. The zero-order chi connectivity index (χ0) is 18.6. The van der Waals surface area contributed by atoms with Crippen LogP contribution in [0.25, 0.3) is 10.9 Å². The fraction of sp³-hybridized carbons (Fsp3) is 0.143. The Morgan fingerprint density at radius 1 is 1.19 bits per heavy atom. The zero-order valence-corrected chi connectivity index (χ0v) is 15.4. The fourth-order valence-corrected chi connectivity index (χ4v) is 3.29. The van der Waals surface area contributed by atoms with Gasteiger partial charge in [0.1, 0.15) is 0 Å². The van der Waals surface area contributed by atoms with Gasteiger partial charge in [0.05, 0.1) is 6.33 Å². The van der Waals surface area contributed by atoms with Crippen molar-refractivity contribution in [2.45, 2.75) is 13.0 Å². The molecule has 1 amide bonds. The van der Waals surface area contributed by atoms with Gasteiger partial charge in [-0.15, -0.1) is 0 Å². The molecule has 0 aliphatic heterocycles. The molecule has 2 heterocycles. The first kappa shape index (κ1) is 17.4. The van der Waals surface area contributed by atoms with Gasteiger partial charge in [-0.1, -0.05) is 23.7 Å². The van der Waals surface area contributed by atoms with Crippen molar-refractivity contribution in [1.29, 1.82) is 0 Å². The molecule has 136 valence electrons. The summed E-state index contributed by atoms with van der Waals surface area (Å²) < 4.78 is 1.99. The van der Waals surface area contributed by atoms with Crippen LogP contribution in [0.3, 0.4) is 0 Å². The Morgan fingerprint density at radius 3 is 2.81 bits per heavy atom. The molecule has 4 rings (SSSR count). The van der Waals surface area contributed by atoms with Gasteiger partial charge in [-0.3, -0.25) is 4.79 Å². The van der Waals surface area contributed by atoms with Crippen LogP contribution in [0.15, 0.2) is 67.4 Å². The lowest BCUT2D eigenvalue weighted by Crippen LogP contribution is -2.25. The lowest BCUT2D eigenvalue weighted by molar-refractivity contribution is 0.0954. The summed E-state index contributed by atoms with van der Waals surface area (Å²) in [6, 6.07) is 13.4. The van der Waals surface area contributed by atoms with Gasteiger partial charge in [-0.25, -0.2) is 4.98 Å². The standard InChI is InChI=1S/C21H19ClN4O/c22-18-5-6-20-19(11-18)17(12-25-20)7-8-24-21(27)16-3-1-15(2-4-16)13-26-10-9-23-14-26/h1-6,9-12,14,25H,7-8,13H2,(H,24,27). The summed E-state index contributed by atoms with van der Waals surface area (Å²) in [7, 11) is 0. The first-order valence-electron chi connectivity index (χ1n) is 8.77. The Morgan fingerprint density at radius 2 is 2.04 bits per heavy atom. The van der Waals surface area contributed by atoms with E-state index in [1.807, 2.05) is 59.4 Å². The third kappa shape index (κ3) is 4.04. The minimum atomic E-state index is -0.0675. The van der Waals surface area contributed by atoms with Crippen molar-refractivity contribution < 1.29 is 4.79 Å². The van der Waals surface area contributed by atoms with E-state index < -0.39 is 0 Å². The highest BCUT2D eigenvalue weighted by Gasteiger charge is 2.08. The summed E-state index contributed by atoms with van der Waals surface area (Å²) in [6.45, 7) is 1.31. The molecule has 0 aliphatic rings. The number of amides is 1. The summed E-state index contributed by atoms with van der Waals surface area (Å²) in [5.74, 6) is -0.0675. The lowest BCUT2D eigenvalue weighted by atomic mass is 10.1. The average molecular weight is 379 g/mol. The second kappa shape index (κ2) is 7.68. The van der Waals surface area contributed by atoms with E-state index in [0.717, 1.165) is 35.0 Å². The quantitative estimate of drug-likeness (QED) is 0.532. The second-order valence-corrected chi connectivity index (χ2v) is 6.88. The van der Waals surface area contributed by atoms with Crippen molar-refractivity contribution in [2.75, 3.05) is 6.54 Å². The molecule has 6 heteroatoms. The monoisotopic (exact) mass is 378 g/mol. The molecule has 0 spiro atoms. The van der Waals surface area contributed by atoms with Gasteiger partial charge in [0, 0.05) is 53.2 Å². The topological polar surface area (TPSA) is 62.7 Å². The maximum absolute atomic E-state index is 12.4. The van der Waals surface area contributed by atoms with Crippen molar-refractivity contribution in [3.8, 4) is 0 Å². The average Bonchev–Trinajstić information content (AvgIpc) is 3.32. The molecule has 4 aromatic rings. The van der Waals surface area contributed by atoms with Crippen molar-refractivity contribution in [2.24, 2.45) is 0 Å². The zero-order valence-electron chi connectivity index (χ0n) is 14.7. The molecular weight excluding hydrogens is 360 g/mol. The van der Waals surface area contributed by atoms with Gasteiger partial charge in [0.2, 0.25) is 0 Å². The summed E-state index contributed by atoms with van der Waals surface area (Å²) >= 11 is 6.08. The Bertz CT molecular complexity index is 1050. The van der Waals surface area contributed by atoms with Gasteiger partial charge in [-0.05, 0) is 47.9 Å². The molecule has 0 atom stereocenters. The Kier molecular flexibility index (Phi) is 4.94. The number of nitrogens with zero attached hydrogens (tertiary/aromatic N) is 2. The number of aromatic nitrogens is 3. The maximum atomic E-state index is 12.4. The highest BCUT2D eigenvalue weighted by Crippen LogP contribution is 2.22. The smallest absolute Gasteiger partial charge is 0.251 e. The molecule has 0 saturated carbocycles. The van der Waals surface area contributed by atoms with Crippen molar-refractivity contribution in [3.63, 3.8) is 0 Å². The van der Waals surface area contributed by atoms with E-state index in [1.54, 1.807) is 12.5 Å². The molecule has 0 unspecified atom stereocenters. The van der Waals surface area contributed by atoms with Gasteiger partial charge >= 0.3 is 0 Å². The molecule has 2 N–H and O–H groups in total. The third-order valence-electron chi connectivity index (χ3n) is 4.55. The summed E-state index contributed by atoms with van der Waals surface area (Å²) in [5.41, 5.74) is 3.98. The van der Waals surface area contributed by atoms with Crippen molar-refractivity contribution >= 4 is 28.4 Å². The molecule has 0 aliphatic carbocycles. The van der Waals surface area contributed by atoms with Crippen LogP contribution in [-0.4, -0.2) is 27.0 Å². The molecule has 27 heavy (non-hydrogen) atoms. The van der Waals surface area contributed by atoms with E-state index in [2.05, 4.69) is 15.3 Å². The number of H-pyrrole nitrogens is 1. The van der Waals surface area contributed by atoms with Crippen molar-refractivity contribution in [3.05, 3.63) is 89.1 Å². The summed E-state index contributed by atoms with van der Waals surface area (Å²) in [5, 5.41) is 4.79. The van der Waals surface area contributed by atoms with E-state index in [9.17, 15) is 4.79 Å². The number of rotatable bonds is 6. The summed E-state index contributed by atoms with van der Waals surface area (Å²) in [6.07, 6.45) is 8.16. The normalized spacial score (nSPS) is 11.0. The first-order valence-corrected chi connectivity index (χ1v) is 9.15. The second-order valence-electron chi connectivity index (χ2n) is 6.44. The minimum absolute atomic E-state index is 0.0675. The van der Waals surface area contributed by atoms with Crippen LogP contribution < -0.4 is 5.32 Å². The highest BCUT2D eigenvalue weighted by molar-refractivity contribution is 6.31. The summed E-state index contributed by atoms with van der Waals surface area (Å²) in [4.78, 5) is 19.6. The van der Waals surface area contributed by atoms with Crippen LogP contribution in [0.4, 0.5) is 0 Å². The number of carbonyl (C=O) groups is 1. The number of carbonyl (C=O) groups excluding carboxylic acids is 1. The molecule has 0 radical (unpaired) electrons. The third-order valence-corrected chi connectivity index (χ3v) is 4.78. The molecule has 0 fully saturated rings. The number of benzene rings is 2. The van der Waals surface area contributed by atoms with Gasteiger partial charge in [0.15, 0.2) is 0 Å².